The molecule has 0 unspecified atom stereocenters. The molecule has 1 heterocycles. The van der Waals surface area contributed by atoms with E-state index in [1.54, 1.807) is 7.05 Å². The van der Waals surface area contributed by atoms with Gasteiger partial charge in [0, 0.05) is 19.2 Å². The Balaban J connectivity index is 2.77. The summed E-state index contributed by atoms with van der Waals surface area (Å²) in [7, 11) is 1.58. The summed E-state index contributed by atoms with van der Waals surface area (Å²) in [6.45, 7) is 0. The molecule has 0 aliphatic heterocycles. The molecule has 1 aromatic carbocycles. The van der Waals surface area contributed by atoms with Gasteiger partial charge in [0.25, 0.3) is 5.69 Å². The van der Waals surface area contributed by atoms with E-state index >= 15 is 0 Å². The molecule has 2 aromatic rings. The van der Waals surface area contributed by atoms with Crippen LogP contribution in [-0.2, 0) is 7.05 Å². The van der Waals surface area contributed by atoms with Crippen LogP contribution in [0.25, 0.3) is 10.9 Å². The Labute approximate surface area is 77.9 Å². The van der Waals surface area contributed by atoms with Crippen LogP contribution in [0.15, 0.2) is 18.2 Å². The van der Waals surface area contributed by atoms with Gasteiger partial charge in [0.15, 0.2) is 0 Å². The first-order valence-electron chi connectivity index (χ1n) is 3.86. The summed E-state index contributed by atoms with van der Waals surface area (Å²) in [4.78, 5) is 9.86. The SMILES string of the molecule is Cn1nc(F)c2cc([N+](=O)[O-])ccc21. The molecule has 0 amide bonds. The smallest absolute Gasteiger partial charge is 0.265 e. The molecule has 0 bridgehead atoms. The van der Waals surface area contributed by atoms with Gasteiger partial charge < -0.3 is 0 Å². The molecule has 2 rings (SSSR count). The summed E-state index contributed by atoms with van der Waals surface area (Å²) in [5.74, 6) is -0.689. The van der Waals surface area contributed by atoms with Gasteiger partial charge in [-0.2, -0.15) is 4.39 Å². The second kappa shape index (κ2) is 2.76. The van der Waals surface area contributed by atoms with Crippen molar-refractivity contribution in [2.75, 3.05) is 0 Å². The second-order valence-electron chi connectivity index (χ2n) is 2.87. The first kappa shape index (κ1) is 8.61. The van der Waals surface area contributed by atoms with E-state index in [-0.39, 0.29) is 11.1 Å². The lowest BCUT2D eigenvalue weighted by Crippen LogP contribution is -1.90. The van der Waals surface area contributed by atoms with Crippen LogP contribution in [0.4, 0.5) is 10.1 Å². The van der Waals surface area contributed by atoms with Gasteiger partial charge in [-0.1, -0.05) is 0 Å². The van der Waals surface area contributed by atoms with E-state index in [2.05, 4.69) is 5.10 Å². The van der Waals surface area contributed by atoms with Gasteiger partial charge in [-0.25, -0.2) is 0 Å². The zero-order chi connectivity index (χ0) is 10.3. The summed E-state index contributed by atoms with van der Waals surface area (Å²) in [6.07, 6.45) is 0. The third kappa shape index (κ3) is 1.12. The van der Waals surface area contributed by atoms with Crippen molar-refractivity contribution in [2.24, 2.45) is 7.05 Å². The van der Waals surface area contributed by atoms with E-state index in [1.165, 1.54) is 22.9 Å². The molecule has 1 aromatic heterocycles. The van der Waals surface area contributed by atoms with Gasteiger partial charge in [-0.3, -0.25) is 14.8 Å². The normalized spacial score (nSPS) is 10.7. The van der Waals surface area contributed by atoms with Crippen LogP contribution < -0.4 is 0 Å². The number of nitro benzene ring substituents is 1. The standard InChI is InChI=1S/C8H6FN3O2/c1-11-7-3-2-5(12(13)14)4-6(7)8(9)10-11/h2-4H,1H3. The van der Waals surface area contributed by atoms with Crippen molar-refractivity contribution >= 4 is 16.6 Å². The number of benzene rings is 1. The van der Waals surface area contributed by atoms with Crippen LogP contribution in [0.3, 0.4) is 0 Å². The van der Waals surface area contributed by atoms with Gasteiger partial charge in [-0.05, 0) is 6.07 Å². The Kier molecular flexibility index (Phi) is 1.70. The lowest BCUT2D eigenvalue weighted by Gasteiger charge is -1.93. The van der Waals surface area contributed by atoms with E-state index in [1.807, 2.05) is 0 Å². The van der Waals surface area contributed by atoms with Gasteiger partial charge in [0.2, 0.25) is 5.95 Å². The lowest BCUT2D eigenvalue weighted by atomic mass is 10.2. The molecule has 0 atom stereocenters. The zero-order valence-corrected chi connectivity index (χ0v) is 7.27. The third-order valence-corrected chi connectivity index (χ3v) is 2.00. The Morgan fingerprint density at radius 2 is 2.29 bits per heavy atom. The minimum absolute atomic E-state index is 0.135. The summed E-state index contributed by atoms with van der Waals surface area (Å²) >= 11 is 0. The monoisotopic (exact) mass is 195 g/mol. The van der Waals surface area contributed by atoms with Gasteiger partial charge >= 0.3 is 0 Å². The molecule has 0 saturated heterocycles. The van der Waals surface area contributed by atoms with E-state index in [4.69, 9.17) is 0 Å². The van der Waals surface area contributed by atoms with Crippen molar-refractivity contribution in [3.05, 3.63) is 34.3 Å². The van der Waals surface area contributed by atoms with Crippen molar-refractivity contribution in [3.63, 3.8) is 0 Å². The zero-order valence-electron chi connectivity index (χ0n) is 7.27. The highest BCUT2D eigenvalue weighted by molar-refractivity contribution is 5.81. The van der Waals surface area contributed by atoms with E-state index in [9.17, 15) is 14.5 Å². The van der Waals surface area contributed by atoms with E-state index in [0.717, 1.165) is 0 Å². The summed E-state index contributed by atoms with van der Waals surface area (Å²) in [6, 6.07) is 3.98. The Morgan fingerprint density at radius 1 is 1.57 bits per heavy atom. The first-order chi connectivity index (χ1) is 6.59. The topological polar surface area (TPSA) is 61.0 Å². The molecule has 0 saturated carbocycles. The Morgan fingerprint density at radius 3 is 2.93 bits per heavy atom. The number of aromatic nitrogens is 2. The minimum Gasteiger partial charge on any atom is -0.265 e. The molecule has 14 heavy (non-hydrogen) atoms. The number of halogens is 1. The molecule has 0 fully saturated rings. The van der Waals surface area contributed by atoms with Crippen molar-refractivity contribution in [2.45, 2.75) is 0 Å². The fraction of sp³-hybridized carbons (Fsp3) is 0.125. The number of hydrogen-bond donors (Lipinski definition) is 0. The predicted molar refractivity (Wildman–Crippen MR) is 47.3 cm³/mol. The van der Waals surface area contributed by atoms with Crippen molar-refractivity contribution in [3.8, 4) is 0 Å². The van der Waals surface area contributed by atoms with Crippen LogP contribution in [0.1, 0.15) is 0 Å². The number of non-ortho nitro benzene ring substituents is 1. The number of nitrogens with zero attached hydrogens (tertiary/aromatic N) is 3. The van der Waals surface area contributed by atoms with E-state index < -0.39 is 10.9 Å². The molecule has 6 heteroatoms. The number of fused-ring (bicyclic) bond motifs is 1. The van der Waals surface area contributed by atoms with Crippen LogP contribution >= 0.6 is 0 Å². The molecule has 72 valence electrons. The van der Waals surface area contributed by atoms with Crippen LogP contribution in [-0.4, -0.2) is 14.7 Å². The highest BCUT2D eigenvalue weighted by atomic mass is 19.1. The maximum absolute atomic E-state index is 13.1. The van der Waals surface area contributed by atoms with E-state index in [0.29, 0.717) is 5.52 Å². The largest absolute Gasteiger partial charge is 0.270 e. The minimum atomic E-state index is -0.689. The molecule has 0 aliphatic rings. The average molecular weight is 195 g/mol. The molecular formula is C8H6FN3O2. The van der Waals surface area contributed by atoms with Crippen molar-refractivity contribution in [1.82, 2.24) is 9.78 Å². The van der Waals surface area contributed by atoms with Crippen molar-refractivity contribution < 1.29 is 9.31 Å². The predicted octanol–water partition coefficient (Wildman–Crippen LogP) is 1.62. The summed E-state index contributed by atoms with van der Waals surface area (Å²) < 4.78 is 14.4. The van der Waals surface area contributed by atoms with Crippen LogP contribution in [0, 0.1) is 16.1 Å². The number of nitro groups is 1. The number of rotatable bonds is 1. The maximum atomic E-state index is 13.1. The van der Waals surface area contributed by atoms with Crippen molar-refractivity contribution in [1.29, 1.82) is 0 Å². The lowest BCUT2D eigenvalue weighted by molar-refractivity contribution is -0.384. The number of aryl methyl sites for hydroxylation is 1. The molecule has 0 aliphatic carbocycles. The Bertz CT molecular complexity index is 521. The van der Waals surface area contributed by atoms with Crippen LogP contribution in [0.5, 0.6) is 0 Å². The maximum Gasteiger partial charge on any atom is 0.270 e. The number of hydrogen-bond acceptors (Lipinski definition) is 3. The fourth-order valence-corrected chi connectivity index (χ4v) is 1.32. The Hall–Kier alpha value is -1.98. The summed E-state index contributed by atoms with van der Waals surface area (Å²) in [5.41, 5.74) is 0.400. The second-order valence-corrected chi connectivity index (χ2v) is 2.87. The van der Waals surface area contributed by atoms with Gasteiger partial charge in [-0.15, -0.1) is 5.10 Å². The first-order valence-corrected chi connectivity index (χ1v) is 3.86. The molecule has 5 nitrogen and oxygen atoms in total. The molecule has 0 radical (unpaired) electrons. The average Bonchev–Trinajstić information content (AvgIpc) is 2.42. The highest BCUT2D eigenvalue weighted by Gasteiger charge is 2.12. The van der Waals surface area contributed by atoms with Gasteiger partial charge in [0.05, 0.1) is 15.8 Å². The quantitative estimate of drug-likeness (QED) is 0.513. The fourth-order valence-electron chi connectivity index (χ4n) is 1.32. The molecular weight excluding hydrogens is 189 g/mol. The van der Waals surface area contributed by atoms with Crippen LogP contribution in [0.2, 0.25) is 0 Å². The third-order valence-electron chi connectivity index (χ3n) is 2.00. The molecule has 0 N–H and O–H groups in total. The highest BCUT2D eigenvalue weighted by Crippen LogP contribution is 2.22. The molecule has 0 spiro atoms. The summed E-state index contributed by atoms with van der Waals surface area (Å²) in [5, 5.41) is 14.1. The van der Waals surface area contributed by atoms with Gasteiger partial charge in [0.1, 0.15) is 0 Å².